The Morgan fingerprint density at radius 2 is 2.30 bits per heavy atom. The van der Waals surface area contributed by atoms with Gasteiger partial charge in [0.1, 0.15) is 5.75 Å². The lowest BCUT2D eigenvalue weighted by molar-refractivity contribution is 0.102. The number of anilines is 1. The molecule has 3 rings (SSSR count). The lowest BCUT2D eigenvalue weighted by Crippen LogP contribution is -2.14. The summed E-state index contributed by atoms with van der Waals surface area (Å²) in [5.74, 6) is 0.324. The van der Waals surface area contributed by atoms with E-state index in [1.54, 1.807) is 42.0 Å². The third kappa shape index (κ3) is 4.10. The molecule has 1 aromatic carbocycles. The van der Waals surface area contributed by atoms with E-state index in [0.29, 0.717) is 21.6 Å². The standard InChI is InChI=1S/C14H10BrClN4O2S/c15-10-7-9(16)1-2-12(10)22-8-20-5-3-11(19-20)13(21)18-14-17-4-6-23-14/h1-7H,8H2,(H,17,18,21). The molecule has 0 radical (unpaired) electrons. The number of nitrogens with one attached hydrogen (secondary N) is 1. The Bertz CT molecular complexity index is 822. The molecule has 6 nitrogen and oxygen atoms in total. The van der Waals surface area contributed by atoms with Crippen molar-refractivity contribution in [1.29, 1.82) is 0 Å². The van der Waals surface area contributed by atoms with Gasteiger partial charge in [-0.15, -0.1) is 11.3 Å². The summed E-state index contributed by atoms with van der Waals surface area (Å²) in [6.45, 7) is 0.171. The van der Waals surface area contributed by atoms with Gasteiger partial charge >= 0.3 is 0 Å². The highest BCUT2D eigenvalue weighted by atomic mass is 79.9. The normalized spacial score (nSPS) is 10.5. The van der Waals surface area contributed by atoms with Crippen LogP contribution in [0.15, 0.2) is 46.5 Å². The third-order valence-electron chi connectivity index (χ3n) is 2.77. The van der Waals surface area contributed by atoms with Crippen molar-refractivity contribution in [2.45, 2.75) is 6.73 Å². The number of amides is 1. The van der Waals surface area contributed by atoms with Crippen molar-refractivity contribution in [1.82, 2.24) is 14.8 Å². The van der Waals surface area contributed by atoms with E-state index in [9.17, 15) is 4.79 Å². The highest BCUT2D eigenvalue weighted by Crippen LogP contribution is 2.28. The molecular weight excluding hydrogens is 404 g/mol. The van der Waals surface area contributed by atoms with Crippen molar-refractivity contribution >= 4 is 49.9 Å². The molecule has 0 aliphatic rings. The maximum Gasteiger partial charge on any atom is 0.277 e. The Balaban J connectivity index is 1.62. The number of aromatic nitrogens is 3. The van der Waals surface area contributed by atoms with Crippen LogP contribution in [0.4, 0.5) is 5.13 Å². The maximum atomic E-state index is 12.0. The second-order valence-corrected chi connectivity index (χ2v) is 6.57. The van der Waals surface area contributed by atoms with Crippen molar-refractivity contribution in [3.63, 3.8) is 0 Å². The number of nitrogens with zero attached hydrogens (tertiary/aromatic N) is 3. The first kappa shape index (κ1) is 16.0. The summed E-state index contributed by atoms with van der Waals surface area (Å²) in [5.41, 5.74) is 0.291. The molecule has 0 bridgehead atoms. The van der Waals surface area contributed by atoms with Crippen LogP contribution >= 0.6 is 38.9 Å². The van der Waals surface area contributed by atoms with Crippen LogP contribution in [-0.2, 0) is 6.73 Å². The molecule has 0 unspecified atom stereocenters. The van der Waals surface area contributed by atoms with E-state index in [1.165, 1.54) is 16.0 Å². The van der Waals surface area contributed by atoms with Gasteiger partial charge in [-0.1, -0.05) is 11.6 Å². The second-order valence-electron chi connectivity index (χ2n) is 4.38. The van der Waals surface area contributed by atoms with Gasteiger partial charge in [0, 0.05) is 22.8 Å². The van der Waals surface area contributed by atoms with Gasteiger partial charge in [0.2, 0.25) is 0 Å². The topological polar surface area (TPSA) is 69.0 Å². The van der Waals surface area contributed by atoms with Crippen LogP contribution in [0.25, 0.3) is 0 Å². The number of hydrogen-bond donors (Lipinski definition) is 1. The van der Waals surface area contributed by atoms with Crippen LogP contribution in [-0.4, -0.2) is 20.7 Å². The average Bonchev–Trinajstić information content (AvgIpc) is 3.17. The van der Waals surface area contributed by atoms with Gasteiger partial charge in [0.15, 0.2) is 17.6 Å². The highest BCUT2D eigenvalue weighted by molar-refractivity contribution is 9.10. The number of thiazole rings is 1. The van der Waals surface area contributed by atoms with Crippen molar-refractivity contribution in [2.75, 3.05) is 5.32 Å². The van der Waals surface area contributed by atoms with E-state index >= 15 is 0 Å². The molecule has 1 amide bonds. The Labute approximate surface area is 149 Å². The first-order chi connectivity index (χ1) is 11.1. The summed E-state index contributed by atoms with van der Waals surface area (Å²) < 4.78 is 7.90. The van der Waals surface area contributed by atoms with Crippen LogP contribution in [0.2, 0.25) is 5.02 Å². The molecule has 0 saturated heterocycles. The fourth-order valence-corrected chi connectivity index (χ4v) is 3.05. The fraction of sp³-hybridized carbons (Fsp3) is 0.0714. The number of benzene rings is 1. The van der Waals surface area contributed by atoms with Gasteiger partial charge in [-0.25, -0.2) is 9.67 Å². The van der Waals surface area contributed by atoms with Crippen LogP contribution in [0, 0.1) is 0 Å². The Morgan fingerprint density at radius 1 is 1.43 bits per heavy atom. The van der Waals surface area contributed by atoms with Crippen LogP contribution in [0.1, 0.15) is 10.5 Å². The van der Waals surface area contributed by atoms with Gasteiger partial charge in [-0.2, -0.15) is 5.10 Å². The third-order valence-corrected chi connectivity index (χ3v) is 4.32. The Morgan fingerprint density at radius 3 is 3.04 bits per heavy atom. The molecule has 2 heterocycles. The molecule has 1 N–H and O–H groups in total. The van der Waals surface area contributed by atoms with E-state index in [-0.39, 0.29) is 12.6 Å². The molecule has 0 saturated carbocycles. The first-order valence-corrected chi connectivity index (χ1v) is 8.49. The Hall–Kier alpha value is -1.90. The lowest BCUT2D eigenvalue weighted by atomic mass is 10.3. The van der Waals surface area contributed by atoms with Gasteiger partial charge in [-0.3, -0.25) is 10.1 Å². The van der Waals surface area contributed by atoms with E-state index in [2.05, 4.69) is 31.3 Å². The van der Waals surface area contributed by atoms with Crippen LogP contribution in [0.3, 0.4) is 0 Å². The average molecular weight is 414 g/mol. The number of rotatable bonds is 5. The number of hydrogen-bond acceptors (Lipinski definition) is 5. The monoisotopic (exact) mass is 412 g/mol. The zero-order chi connectivity index (χ0) is 16.2. The predicted octanol–water partition coefficient (Wildman–Crippen LogP) is 4.04. The van der Waals surface area contributed by atoms with Crippen molar-refractivity contribution in [3.8, 4) is 5.75 Å². The summed E-state index contributed by atoms with van der Waals surface area (Å²) in [6, 6.07) is 6.85. The largest absolute Gasteiger partial charge is 0.470 e. The number of halogens is 2. The molecule has 118 valence electrons. The van der Waals surface area contributed by atoms with Crippen molar-refractivity contribution in [2.24, 2.45) is 0 Å². The van der Waals surface area contributed by atoms with E-state index in [0.717, 1.165) is 4.47 Å². The summed E-state index contributed by atoms with van der Waals surface area (Å²) in [4.78, 5) is 16.0. The summed E-state index contributed by atoms with van der Waals surface area (Å²) >= 11 is 10.6. The summed E-state index contributed by atoms with van der Waals surface area (Å²) in [6.07, 6.45) is 3.29. The second kappa shape index (κ2) is 7.12. The number of carbonyl (C=O) groups excluding carboxylic acids is 1. The van der Waals surface area contributed by atoms with Crippen LogP contribution < -0.4 is 10.1 Å². The zero-order valence-corrected chi connectivity index (χ0v) is 14.7. The molecule has 23 heavy (non-hydrogen) atoms. The van der Waals surface area contributed by atoms with Crippen molar-refractivity contribution in [3.05, 3.63) is 57.2 Å². The molecule has 0 aliphatic carbocycles. The molecule has 0 spiro atoms. The minimum Gasteiger partial charge on any atom is -0.470 e. The van der Waals surface area contributed by atoms with Gasteiger partial charge in [0.25, 0.3) is 5.91 Å². The Kier molecular flexibility index (Phi) is 4.94. The molecule has 0 aliphatic heterocycles. The SMILES string of the molecule is O=C(Nc1nccs1)c1ccn(COc2ccc(Cl)cc2Br)n1. The maximum absolute atomic E-state index is 12.0. The molecule has 2 aromatic heterocycles. The van der Waals surface area contributed by atoms with Crippen LogP contribution in [0.5, 0.6) is 5.75 Å². The fourth-order valence-electron chi connectivity index (χ4n) is 1.73. The van der Waals surface area contributed by atoms with Gasteiger partial charge < -0.3 is 4.74 Å². The van der Waals surface area contributed by atoms with E-state index in [4.69, 9.17) is 16.3 Å². The summed E-state index contributed by atoms with van der Waals surface area (Å²) in [5, 5.41) is 9.77. The zero-order valence-electron chi connectivity index (χ0n) is 11.6. The molecule has 0 fully saturated rings. The van der Waals surface area contributed by atoms with E-state index in [1.807, 2.05) is 0 Å². The first-order valence-electron chi connectivity index (χ1n) is 6.44. The van der Waals surface area contributed by atoms with Gasteiger partial charge in [0.05, 0.1) is 4.47 Å². The molecule has 3 aromatic rings. The minimum absolute atomic E-state index is 0.171. The highest BCUT2D eigenvalue weighted by Gasteiger charge is 2.11. The predicted molar refractivity (Wildman–Crippen MR) is 92.1 cm³/mol. The summed E-state index contributed by atoms with van der Waals surface area (Å²) in [7, 11) is 0. The lowest BCUT2D eigenvalue weighted by Gasteiger charge is -2.08. The molecule has 0 atom stereocenters. The molecule has 9 heteroatoms. The quantitative estimate of drug-likeness (QED) is 0.685. The van der Waals surface area contributed by atoms with Gasteiger partial charge in [-0.05, 0) is 40.2 Å². The minimum atomic E-state index is -0.314. The van der Waals surface area contributed by atoms with Crippen molar-refractivity contribution < 1.29 is 9.53 Å². The molecular formula is C14H10BrClN4O2S. The smallest absolute Gasteiger partial charge is 0.277 e. The van der Waals surface area contributed by atoms with E-state index < -0.39 is 0 Å². The number of ether oxygens (including phenoxy) is 1. The number of carbonyl (C=O) groups is 1.